The molecule has 90 valence electrons. The largest absolute Gasteiger partial charge is 0.323 e. The van der Waals surface area contributed by atoms with Gasteiger partial charge >= 0.3 is 0 Å². The van der Waals surface area contributed by atoms with Crippen LogP contribution in [0.2, 0.25) is 0 Å². The summed E-state index contributed by atoms with van der Waals surface area (Å²) < 4.78 is 0. The average Bonchev–Trinajstić information content (AvgIpc) is 2.64. The van der Waals surface area contributed by atoms with Gasteiger partial charge in [-0.15, -0.1) is 5.10 Å². The van der Waals surface area contributed by atoms with Crippen molar-refractivity contribution in [1.82, 2.24) is 15.2 Å². The van der Waals surface area contributed by atoms with E-state index in [1.165, 1.54) is 11.1 Å². The fourth-order valence-corrected chi connectivity index (χ4v) is 1.76. The Morgan fingerprint density at radius 1 is 1.12 bits per heavy atom. The van der Waals surface area contributed by atoms with Crippen molar-refractivity contribution in [3.8, 4) is 0 Å². The van der Waals surface area contributed by atoms with Gasteiger partial charge in [-0.3, -0.25) is 5.10 Å². The van der Waals surface area contributed by atoms with Crippen molar-refractivity contribution in [3.05, 3.63) is 35.2 Å². The third-order valence-electron chi connectivity index (χ3n) is 2.53. The average molecular weight is 230 g/mol. The van der Waals surface area contributed by atoms with Crippen LogP contribution >= 0.6 is 0 Å². The van der Waals surface area contributed by atoms with Crippen LogP contribution in [0.3, 0.4) is 0 Å². The number of benzene rings is 1. The van der Waals surface area contributed by atoms with Gasteiger partial charge in [-0.25, -0.2) is 0 Å². The summed E-state index contributed by atoms with van der Waals surface area (Å²) in [7, 11) is 0. The first-order chi connectivity index (χ1) is 8.04. The highest BCUT2D eigenvalue weighted by atomic mass is 15.3. The van der Waals surface area contributed by atoms with Crippen molar-refractivity contribution in [2.75, 3.05) is 5.32 Å². The Balaban J connectivity index is 2.19. The zero-order valence-corrected chi connectivity index (χ0v) is 10.7. The van der Waals surface area contributed by atoms with Gasteiger partial charge in [0.05, 0.1) is 0 Å². The number of H-pyrrole nitrogens is 1. The zero-order chi connectivity index (χ0) is 12.4. The monoisotopic (exact) mass is 230 g/mol. The molecule has 0 atom stereocenters. The summed E-state index contributed by atoms with van der Waals surface area (Å²) in [6, 6.07) is 6.31. The second-order valence-corrected chi connectivity index (χ2v) is 4.70. The molecule has 0 unspecified atom stereocenters. The summed E-state index contributed by atoms with van der Waals surface area (Å²) in [5.74, 6) is 1.88. The minimum absolute atomic E-state index is 0.359. The summed E-state index contributed by atoms with van der Waals surface area (Å²) in [6.45, 7) is 8.33. The summed E-state index contributed by atoms with van der Waals surface area (Å²) >= 11 is 0. The standard InChI is InChI=1S/C13H18N4/c1-8(2)12-15-13(17-16-12)14-11-6-9(3)5-10(4)7-11/h5-8H,1-4H3,(H2,14,15,16,17). The lowest BCUT2D eigenvalue weighted by atomic mass is 10.1. The van der Waals surface area contributed by atoms with Crippen molar-refractivity contribution in [3.63, 3.8) is 0 Å². The lowest BCUT2D eigenvalue weighted by molar-refractivity contribution is 0.781. The molecule has 0 fully saturated rings. The Morgan fingerprint density at radius 3 is 2.29 bits per heavy atom. The molecule has 0 bridgehead atoms. The number of aromatic amines is 1. The van der Waals surface area contributed by atoms with Crippen LogP contribution in [-0.2, 0) is 0 Å². The van der Waals surface area contributed by atoms with E-state index in [1.54, 1.807) is 0 Å². The van der Waals surface area contributed by atoms with E-state index in [0.29, 0.717) is 11.9 Å². The molecule has 1 heterocycles. The van der Waals surface area contributed by atoms with Crippen LogP contribution < -0.4 is 5.32 Å². The maximum absolute atomic E-state index is 4.39. The summed E-state index contributed by atoms with van der Waals surface area (Å²) in [5.41, 5.74) is 3.48. The molecule has 4 heteroatoms. The van der Waals surface area contributed by atoms with Crippen LogP contribution in [0.1, 0.15) is 36.7 Å². The van der Waals surface area contributed by atoms with Gasteiger partial charge in [0.25, 0.3) is 0 Å². The van der Waals surface area contributed by atoms with Crippen molar-refractivity contribution in [1.29, 1.82) is 0 Å². The lowest BCUT2D eigenvalue weighted by Gasteiger charge is -2.04. The number of hydrogen-bond donors (Lipinski definition) is 2. The SMILES string of the molecule is Cc1cc(C)cc(Nc2n[nH]c(C(C)C)n2)c1. The molecule has 17 heavy (non-hydrogen) atoms. The topological polar surface area (TPSA) is 53.6 Å². The maximum atomic E-state index is 4.39. The third-order valence-corrected chi connectivity index (χ3v) is 2.53. The molecule has 0 amide bonds. The van der Waals surface area contributed by atoms with Crippen LogP contribution in [0.15, 0.2) is 18.2 Å². The summed E-state index contributed by atoms with van der Waals surface area (Å²) in [4.78, 5) is 4.39. The molecule has 0 saturated heterocycles. The molecular weight excluding hydrogens is 212 g/mol. The Labute approximate surface area is 101 Å². The first-order valence-electron chi connectivity index (χ1n) is 5.82. The Bertz CT molecular complexity index is 494. The number of anilines is 2. The van der Waals surface area contributed by atoms with E-state index in [2.05, 4.69) is 66.4 Å². The molecule has 2 rings (SSSR count). The molecule has 0 spiro atoms. The van der Waals surface area contributed by atoms with Crippen molar-refractivity contribution in [2.45, 2.75) is 33.6 Å². The summed E-state index contributed by atoms with van der Waals surface area (Å²) in [5, 5.41) is 10.3. The van der Waals surface area contributed by atoms with Gasteiger partial charge in [-0.05, 0) is 37.1 Å². The fourth-order valence-electron chi connectivity index (χ4n) is 1.76. The number of aromatic nitrogens is 3. The highest BCUT2D eigenvalue weighted by Crippen LogP contribution is 2.18. The number of aryl methyl sites for hydroxylation is 2. The quantitative estimate of drug-likeness (QED) is 0.850. The van der Waals surface area contributed by atoms with E-state index >= 15 is 0 Å². The molecular formula is C13H18N4. The Hall–Kier alpha value is -1.84. The Morgan fingerprint density at radius 2 is 1.76 bits per heavy atom. The Kier molecular flexibility index (Phi) is 3.13. The third kappa shape index (κ3) is 2.84. The van der Waals surface area contributed by atoms with Crippen LogP contribution in [-0.4, -0.2) is 15.2 Å². The van der Waals surface area contributed by atoms with Gasteiger partial charge in [0, 0.05) is 11.6 Å². The van der Waals surface area contributed by atoms with E-state index in [9.17, 15) is 0 Å². The van der Waals surface area contributed by atoms with E-state index in [1.807, 2.05) is 0 Å². The molecule has 0 radical (unpaired) electrons. The fraction of sp³-hybridized carbons (Fsp3) is 0.385. The smallest absolute Gasteiger partial charge is 0.246 e. The second kappa shape index (κ2) is 4.57. The predicted molar refractivity (Wildman–Crippen MR) is 69.7 cm³/mol. The highest BCUT2D eigenvalue weighted by molar-refractivity contribution is 5.55. The molecule has 2 N–H and O–H groups in total. The zero-order valence-electron chi connectivity index (χ0n) is 10.7. The molecule has 4 nitrogen and oxygen atoms in total. The van der Waals surface area contributed by atoms with Gasteiger partial charge in [0.1, 0.15) is 5.82 Å². The molecule has 1 aromatic carbocycles. The van der Waals surface area contributed by atoms with Crippen molar-refractivity contribution in [2.24, 2.45) is 0 Å². The molecule has 0 saturated carbocycles. The van der Waals surface area contributed by atoms with Crippen molar-refractivity contribution >= 4 is 11.6 Å². The van der Waals surface area contributed by atoms with Crippen molar-refractivity contribution < 1.29 is 0 Å². The summed E-state index contributed by atoms with van der Waals surface area (Å²) in [6.07, 6.45) is 0. The van der Waals surface area contributed by atoms with Gasteiger partial charge < -0.3 is 5.32 Å². The van der Waals surface area contributed by atoms with Gasteiger partial charge in [-0.2, -0.15) is 4.98 Å². The highest BCUT2D eigenvalue weighted by Gasteiger charge is 2.06. The second-order valence-electron chi connectivity index (χ2n) is 4.70. The normalized spacial score (nSPS) is 10.9. The molecule has 2 aromatic rings. The van der Waals surface area contributed by atoms with E-state index in [4.69, 9.17) is 0 Å². The minimum Gasteiger partial charge on any atom is -0.323 e. The van der Waals surface area contributed by atoms with Crippen LogP contribution in [0.25, 0.3) is 0 Å². The number of rotatable bonds is 3. The van der Waals surface area contributed by atoms with Gasteiger partial charge in [0.15, 0.2) is 0 Å². The molecule has 1 aromatic heterocycles. The van der Waals surface area contributed by atoms with Crippen LogP contribution in [0, 0.1) is 13.8 Å². The molecule has 0 aliphatic carbocycles. The first-order valence-corrected chi connectivity index (χ1v) is 5.82. The molecule has 0 aliphatic rings. The lowest BCUT2D eigenvalue weighted by Crippen LogP contribution is -1.94. The first kappa shape index (κ1) is 11.6. The van der Waals surface area contributed by atoms with E-state index in [-0.39, 0.29) is 0 Å². The maximum Gasteiger partial charge on any atom is 0.246 e. The van der Waals surface area contributed by atoms with Crippen LogP contribution in [0.4, 0.5) is 11.6 Å². The number of hydrogen-bond acceptors (Lipinski definition) is 3. The number of nitrogens with one attached hydrogen (secondary N) is 2. The predicted octanol–water partition coefficient (Wildman–Crippen LogP) is 3.29. The van der Waals surface area contributed by atoms with Gasteiger partial charge in [0.2, 0.25) is 5.95 Å². The minimum atomic E-state index is 0.359. The molecule has 0 aliphatic heterocycles. The van der Waals surface area contributed by atoms with E-state index in [0.717, 1.165) is 11.5 Å². The van der Waals surface area contributed by atoms with Gasteiger partial charge in [-0.1, -0.05) is 19.9 Å². The number of nitrogens with zero attached hydrogens (tertiary/aromatic N) is 2. The van der Waals surface area contributed by atoms with Crippen LogP contribution in [0.5, 0.6) is 0 Å². The van der Waals surface area contributed by atoms with E-state index < -0.39 is 0 Å².